The highest BCUT2D eigenvalue weighted by molar-refractivity contribution is 7.89. The topological polar surface area (TPSA) is 63.2 Å². The fourth-order valence-electron chi connectivity index (χ4n) is 4.06. The van der Waals surface area contributed by atoms with E-state index in [4.69, 9.17) is 4.74 Å². The van der Waals surface area contributed by atoms with Crippen LogP contribution in [0.15, 0.2) is 41.3 Å². The Hall–Kier alpha value is -1.21. The molecule has 0 radical (unpaired) electrons. The van der Waals surface area contributed by atoms with Gasteiger partial charge in [0.25, 0.3) is 0 Å². The van der Waals surface area contributed by atoms with Crippen molar-refractivity contribution in [1.29, 1.82) is 0 Å². The zero-order chi connectivity index (χ0) is 16.6. The first-order chi connectivity index (χ1) is 11.6. The number of hydrogen-bond donors (Lipinski definition) is 1. The molecule has 0 aromatic heterocycles. The van der Waals surface area contributed by atoms with Gasteiger partial charge in [-0.3, -0.25) is 0 Å². The van der Waals surface area contributed by atoms with Crippen molar-refractivity contribution in [3.63, 3.8) is 0 Å². The quantitative estimate of drug-likeness (QED) is 0.798. The van der Waals surface area contributed by atoms with E-state index in [2.05, 4.69) is 17.5 Å². The molecule has 1 saturated carbocycles. The maximum absolute atomic E-state index is 12.6. The fraction of sp³-hybridized carbons (Fsp3) is 0.556. The number of hydrogen-bond acceptors (Lipinski definition) is 3. The molecule has 4 rings (SSSR count). The molecule has 1 saturated heterocycles. The van der Waals surface area contributed by atoms with Crippen molar-refractivity contribution in [2.75, 3.05) is 26.3 Å². The predicted molar refractivity (Wildman–Crippen MR) is 90.8 cm³/mol. The van der Waals surface area contributed by atoms with Gasteiger partial charge in [-0.2, -0.15) is 4.31 Å². The van der Waals surface area contributed by atoms with E-state index in [9.17, 15) is 8.42 Å². The van der Waals surface area contributed by atoms with Crippen molar-refractivity contribution in [3.05, 3.63) is 42.0 Å². The average molecular weight is 349 g/mol. The molecule has 3 atom stereocenters. The normalized spacial score (nSPS) is 30.1. The van der Waals surface area contributed by atoms with Gasteiger partial charge >= 0.3 is 0 Å². The van der Waals surface area contributed by atoms with Crippen LogP contribution in [0.2, 0.25) is 0 Å². The van der Waals surface area contributed by atoms with Gasteiger partial charge in [-0.25, -0.2) is 8.42 Å². The van der Waals surface area contributed by atoms with E-state index in [-0.39, 0.29) is 0 Å². The van der Waals surface area contributed by atoms with Crippen molar-refractivity contribution >= 4 is 10.0 Å². The molecule has 130 valence electrons. The number of benzene rings is 1. The fourth-order valence-corrected chi connectivity index (χ4v) is 5.46. The SMILES string of the molecule is O=S(=O)(c1ccc(C[NH2+][C@H]2C[C@H]3CC=C[C@@H]32)cc1)N1CCOCC1. The van der Waals surface area contributed by atoms with Gasteiger partial charge in [-0.1, -0.05) is 24.3 Å². The Labute approximate surface area is 143 Å². The summed E-state index contributed by atoms with van der Waals surface area (Å²) in [7, 11) is -3.38. The average Bonchev–Trinajstić information content (AvgIpc) is 2.97. The molecule has 5 nitrogen and oxygen atoms in total. The van der Waals surface area contributed by atoms with Crippen LogP contribution in [0, 0.1) is 11.8 Å². The second-order valence-electron chi connectivity index (χ2n) is 7.00. The molecule has 0 spiro atoms. The Kier molecular flexibility index (Phi) is 4.47. The van der Waals surface area contributed by atoms with Gasteiger partial charge in [0.05, 0.1) is 24.2 Å². The van der Waals surface area contributed by atoms with Crippen LogP contribution in [0.5, 0.6) is 0 Å². The smallest absolute Gasteiger partial charge is 0.243 e. The van der Waals surface area contributed by atoms with Crippen LogP contribution >= 0.6 is 0 Å². The Morgan fingerprint density at radius 3 is 2.62 bits per heavy atom. The maximum Gasteiger partial charge on any atom is 0.243 e. The molecule has 24 heavy (non-hydrogen) atoms. The predicted octanol–water partition coefficient (Wildman–Crippen LogP) is 0.736. The van der Waals surface area contributed by atoms with E-state index >= 15 is 0 Å². The Bertz CT molecular complexity index is 708. The second-order valence-corrected chi connectivity index (χ2v) is 8.94. The largest absolute Gasteiger partial charge is 0.379 e. The molecule has 0 bridgehead atoms. The molecular formula is C18H25N2O3S+. The summed E-state index contributed by atoms with van der Waals surface area (Å²) in [6, 6.07) is 8.08. The monoisotopic (exact) mass is 349 g/mol. The minimum absolute atomic E-state index is 0.385. The molecule has 1 aliphatic heterocycles. The number of sulfonamides is 1. The van der Waals surface area contributed by atoms with Crippen LogP contribution in [0.4, 0.5) is 0 Å². The number of fused-ring (bicyclic) bond motifs is 1. The summed E-state index contributed by atoms with van der Waals surface area (Å²) in [5.41, 5.74) is 1.18. The van der Waals surface area contributed by atoms with Crippen molar-refractivity contribution in [3.8, 4) is 0 Å². The molecule has 1 aromatic carbocycles. The molecule has 3 aliphatic rings. The van der Waals surface area contributed by atoms with E-state index in [1.807, 2.05) is 12.1 Å². The van der Waals surface area contributed by atoms with Gasteiger partial charge in [0.2, 0.25) is 10.0 Å². The zero-order valence-corrected chi connectivity index (χ0v) is 14.6. The summed E-state index contributed by atoms with van der Waals surface area (Å²) >= 11 is 0. The number of allylic oxidation sites excluding steroid dienone is 1. The van der Waals surface area contributed by atoms with Crippen LogP contribution in [0.25, 0.3) is 0 Å². The number of quaternary nitrogens is 1. The van der Waals surface area contributed by atoms with E-state index in [1.165, 1.54) is 22.7 Å². The number of rotatable bonds is 5. The van der Waals surface area contributed by atoms with E-state index < -0.39 is 10.0 Å². The molecule has 0 unspecified atom stereocenters. The van der Waals surface area contributed by atoms with Crippen LogP contribution in [-0.4, -0.2) is 45.1 Å². The van der Waals surface area contributed by atoms with E-state index in [0.29, 0.717) is 37.2 Å². The first-order valence-electron chi connectivity index (χ1n) is 8.81. The summed E-state index contributed by atoms with van der Waals surface area (Å²) in [5, 5.41) is 2.41. The number of nitrogens with zero attached hydrogens (tertiary/aromatic N) is 1. The molecular weight excluding hydrogens is 324 g/mol. The van der Waals surface area contributed by atoms with Gasteiger partial charge in [0.1, 0.15) is 6.54 Å². The van der Waals surface area contributed by atoms with Crippen LogP contribution in [0.1, 0.15) is 18.4 Å². The molecule has 6 heteroatoms. The molecule has 2 fully saturated rings. The molecule has 0 amide bonds. The minimum Gasteiger partial charge on any atom is -0.379 e. The van der Waals surface area contributed by atoms with Gasteiger partial charge in [0, 0.05) is 31.0 Å². The lowest BCUT2D eigenvalue weighted by molar-refractivity contribution is -0.722. The third-order valence-electron chi connectivity index (χ3n) is 5.60. The summed E-state index contributed by atoms with van der Waals surface area (Å²) in [5.74, 6) is 1.64. The molecule has 2 N–H and O–H groups in total. The van der Waals surface area contributed by atoms with Crippen LogP contribution < -0.4 is 5.32 Å². The van der Waals surface area contributed by atoms with Gasteiger partial charge in [0.15, 0.2) is 0 Å². The van der Waals surface area contributed by atoms with Crippen molar-refractivity contribution in [1.82, 2.24) is 4.31 Å². The van der Waals surface area contributed by atoms with Gasteiger partial charge < -0.3 is 10.1 Å². The summed E-state index contributed by atoms with van der Waals surface area (Å²) in [6.45, 7) is 2.75. The van der Waals surface area contributed by atoms with Gasteiger partial charge in [-0.05, 0) is 24.5 Å². The molecule has 2 aliphatic carbocycles. The lowest BCUT2D eigenvalue weighted by Crippen LogP contribution is -2.92. The lowest BCUT2D eigenvalue weighted by Gasteiger charge is -2.37. The van der Waals surface area contributed by atoms with Gasteiger partial charge in [-0.15, -0.1) is 0 Å². The Morgan fingerprint density at radius 2 is 1.92 bits per heavy atom. The lowest BCUT2D eigenvalue weighted by atomic mass is 9.71. The van der Waals surface area contributed by atoms with Crippen LogP contribution in [0.3, 0.4) is 0 Å². The second kappa shape index (κ2) is 6.59. The Balaban J connectivity index is 1.36. The summed E-state index contributed by atoms with van der Waals surface area (Å²) < 4.78 is 31.9. The summed E-state index contributed by atoms with van der Waals surface area (Å²) in [4.78, 5) is 0.385. The zero-order valence-electron chi connectivity index (χ0n) is 13.8. The van der Waals surface area contributed by atoms with E-state index in [0.717, 1.165) is 18.4 Å². The first kappa shape index (κ1) is 16.3. The van der Waals surface area contributed by atoms with Crippen molar-refractivity contribution in [2.24, 2.45) is 11.8 Å². The van der Waals surface area contributed by atoms with Crippen LogP contribution in [-0.2, 0) is 21.3 Å². The number of ether oxygens (including phenoxy) is 1. The summed E-state index contributed by atoms with van der Waals surface area (Å²) in [6.07, 6.45) is 7.24. The third kappa shape index (κ3) is 3.04. The highest BCUT2D eigenvalue weighted by atomic mass is 32.2. The minimum atomic E-state index is -3.38. The maximum atomic E-state index is 12.6. The third-order valence-corrected chi connectivity index (χ3v) is 7.51. The number of morpholine rings is 1. The molecule has 1 heterocycles. The van der Waals surface area contributed by atoms with E-state index in [1.54, 1.807) is 12.1 Å². The van der Waals surface area contributed by atoms with Crippen molar-refractivity contribution < 1.29 is 18.5 Å². The molecule has 1 aromatic rings. The van der Waals surface area contributed by atoms with Crippen molar-refractivity contribution in [2.45, 2.75) is 30.3 Å². The number of nitrogens with two attached hydrogens (primary N) is 1. The first-order valence-corrected chi connectivity index (χ1v) is 10.3. The standard InChI is InChI=1S/C18H24N2O3S/c21-24(22,20-8-10-23-11-9-20)16-6-4-14(5-7-16)13-19-18-12-15-2-1-3-17(15)18/h1,3-7,15,17-19H,2,8-13H2/p+1/t15-,17+,18+/m1/s1. The highest BCUT2D eigenvalue weighted by Gasteiger charge is 2.43. The Morgan fingerprint density at radius 1 is 1.17 bits per heavy atom. The highest BCUT2D eigenvalue weighted by Crippen LogP contribution is 2.40.